The number of carbonyl (C=O) groups excluding carboxylic acids is 2. The van der Waals surface area contributed by atoms with Gasteiger partial charge in [-0.2, -0.15) is 0 Å². The third-order valence-electron chi connectivity index (χ3n) is 7.21. The largest absolute Gasteiger partial charge is 0.447 e. The number of anilines is 1. The molecule has 2 aromatic carbocycles. The summed E-state index contributed by atoms with van der Waals surface area (Å²) < 4.78 is 65.6. The molecule has 0 spiro atoms. The van der Waals surface area contributed by atoms with Crippen LogP contribution in [0.3, 0.4) is 0 Å². The lowest BCUT2D eigenvalue weighted by Crippen LogP contribution is -2.47. The van der Waals surface area contributed by atoms with Gasteiger partial charge in [0.2, 0.25) is 5.91 Å². The maximum Gasteiger partial charge on any atom is 0.407 e. The molecule has 1 aromatic heterocycles. The first-order valence-corrected chi connectivity index (χ1v) is 14.3. The summed E-state index contributed by atoms with van der Waals surface area (Å²) in [6, 6.07) is 9.78. The van der Waals surface area contributed by atoms with Gasteiger partial charge in [-0.3, -0.25) is 14.2 Å². The Morgan fingerprint density at radius 2 is 1.64 bits per heavy atom. The molecule has 13 heteroatoms. The molecule has 44 heavy (non-hydrogen) atoms. The van der Waals surface area contributed by atoms with Crippen molar-refractivity contribution in [2.45, 2.75) is 43.4 Å². The second-order valence-corrected chi connectivity index (χ2v) is 10.4. The molecule has 1 fully saturated rings. The Balaban J connectivity index is 1.40. The van der Waals surface area contributed by atoms with Gasteiger partial charge >= 0.3 is 6.09 Å². The molecule has 2 heterocycles. The monoisotopic (exact) mass is 617 g/mol. The van der Waals surface area contributed by atoms with Gasteiger partial charge in [0.25, 0.3) is 0 Å². The van der Waals surface area contributed by atoms with Gasteiger partial charge in [-0.05, 0) is 54.7 Å². The number of hydrogen-bond acceptors (Lipinski definition) is 7. The number of pyridine rings is 1. The minimum absolute atomic E-state index is 0.0168. The number of nitrogens with two attached hydrogens (primary N) is 1. The van der Waals surface area contributed by atoms with Crippen LogP contribution >= 0.6 is 0 Å². The van der Waals surface area contributed by atoms with Crippen LogP contribution in [-0.2, 0) is 20.7 Å². The molecule has 1 aliphatic heterocycles. The molecule has 3 unspecified atom stereocenters. The number of nitrogens with zero attached hydrogens (tertiary/aromatic N) is 1. The first-order chi connectivity index (χ1) is 21.2. The van der Waals surface area contributed by atoms with Crippen molar-refractivity contribution in [2.24, 2.45) is 5.73 Å². The van der Waals surface area contributed by atoms with Crippen LogP contribution < -0.4 is 21.7 Å². The lowest BCUT2D eigenvalue weighted by atomic mass is 9.85. The Bertz CT molecular complexity index is 1330. The summed E-state index contributed by atoms with van der Waals surface area (Å²) in [4.78, 5) is 29.0. The highest BCUT2D eigenvalue weighted by Gasteiger charge is 2.29. The molecule has 0 bridgehead atoms. The lowest BCUT2D eigenvalue weighted by Gasteiger charge is -2.31. The standard InChI is InChI=1S/C31H35F4N5O4/c32-12-1-13-39-31(42)43-18-24-15-37-14-23(44-24)10-11-25-26(35)16-38-17-27(25)40-30(41)29(36)28(19-2-6-21(33)7-3-19)20-4-8-22(34)9-5-20/h2-9,16-17,23-24,28-29,37H,1,10-15,18,36H2,(H,39,42)(H,40,41). The van der Waals surface area contributed by atoms with Crippen molar-refractivity contribution in [3.05, 3.63) is 95.1 Å². The predicted molar refractivity (Wildman–Crippen MR) is 155 cm³/mol. The van der Waals surface area contributed by atoms with E-state index in [0.717, 1.165) is 6.20 Å². The molecule has 9 nitrogen and oxygen atoms in total. The molecule has 1 saturated heterocycles. The first-order valence-electron chi connectivity index (χ1n) is 14.3. The van der Waals surface area contributed by atoms with Crippen LogP contribution in [0.2, 0.25) is 0 Å². The van der Waals surface area contributed by atoms with Crippen molar-refractivity contribution < 1.29 is 36.6 Å². The van der Waals surface area contributed by atoms with Crippen molar-refractivity contribution in [1.82, 2.24) is 15.6 Å². The van der Waals surface area contributed by atoms with Gasteiger partial charge in [0.15, 0.2) is 0 Å². The summed E-state index contributed by atoms with van der Waals surface area (Å²) in [6.07, 6.45) is 1.68. The highest BCUT2D eigenvalue weighted by atomic mass is 19.1. The number of morpholine rings is 1. The van der Waals surface area contributed by atoms with E-state index >= 15 is 0 Å². The molecule has 3 atom stereocenters. The van der Waals surface area contributed by atoms with Crippen LogP contribution in [-0.4, -0.2) is 68.1 Å². The van der Waals surface area contributed by atoms with E-state index in [9.17, 15) is 27.2 Å². The third-order valence-corrected chi connectivity index (χ3v) is 7.21. The Hall–Kier alpha value is -4.07. The van der Waals surface area contributed by atoms with Crippen LogP contribution in [0.25, 0.3) is 0 Å². The van der Waals surface area contributed by atoms with E-state index in [1.165, 1.54) is 54.7 Å². The second kappa shape index (κ2) is 16.1. The number of halogens is 4. The van der Waals surface area contributed by atoms with Crippen LogP contribution in [0.1, 0.15) is 35.4 Å². The molecule has 5 N–H and O–H groups in total. The quantitative estimate of drug-likeness (QED) is 0.169. The number of hydrogen-bond donors (Lipinski definition) is 4. The molecule has 4 rings (SSSR count). The number of aromatic nitrogens is 1. The zero-order chi connectivity index (χ0) is 31.5. The average Bonchev–Trinajstić information content (AvgIpc) is 3.02. The summed E-state index contributed by atoms with van der Waals surface area (Å²) in [5, 5.41) is 8.33. The summed E-state index contributed by atoms with van der Waals surface area (Å²) in [5.41, 5.74) is 7.84. The summed E-state index contributed by atoms with van der Waals surface area (Å²) in [5.74, 6) is -2.96. The molecular weight excluding hydrogens is 582 g/mol. The van der Waals surface area contributed by atoms with Gasteiger partial charge in [-0.25, -0.2) is 18.0 Å². The fourth-order valence-corrected chi connectivity index (χ4v) is 4.96. The first kappa shape index (κ1) is 32.8. The Labute approximate surface area is 252 Å². The Kier molecular flexibility index (Phi) is 12.0. The van der Waals surface area contributed by atoms with Crippen LogP contribution in [0.15, 0.2) is 60.9 Å². The average molecular weight is 618 g/mol. The van der Waals surface area contributed by atoms with Gasteiger partial charge in [0.1, 0.15) is 30.2 Å². The van der Waals surface area contributed by atoms with Crippen molar-refractivity contribution in [1.29, 1.82) is 0 Å². The highest BCUT2D eigenvalue weighted by Crippen LogP contribution is 2.29. The zero-order valence-electron chi connectivity index (χ0n) is 23.9. The Morgan fingerprint density at radius 1 is 1.00 bits per heavy atom. The molecule has 3 aromatic rings. The van der Waals surface area contributed by atoms with Crippen LogP contribution in [0, 0.1) is 17.5 Å². The number of amides is 2. The summed E-state index contributed by atoms with van der Waals surface area (Å²) in [7, 11) is 0. The third kappa shape index (κ3) is 9.21. The molecule has 2 amide bonds. The Morgan fingerprint density at radius 3 is 2.27 bits per heavy atom. The van der Waals surface area contributed by atoms with Crippen LogP contribution in [0.4, 0.5) is 28.0 Å². The predicted octanol–water partition coefficient (Wildman–Crippen LogP) is 3.97. The lowest BCUT2D eigenvalue weighted by molar-refractivity contribution is -0.117. The number of alkyl carbamates (subject to hydrolysis) is 1. The van der Waals surface area contributed by atoms with E-state index < -0.39 is 54.2 Å². The number of rotatable bonds is 13. The maximum absolute atomic E-state index is 15.0. The van der Waals surface area contributed by atoms with Gasteiger partial charge in [-0.1, -0.05) is 24.3 Å². The van der Waals surface area contributed by atoms with Crippen molar-refractivity contribution in [3.63, 3.8) is 0 Å². The smallest absolute Gasteiger partial charge is 0.407 e. The molecule has 236 valence electrons. The minimum Gasteiger partial charge on any atom is -0.447 e. The summed E-state index contributed by atoms with van der Waals surface area (Å²) in [6.45, 7) is 0.537. The molecule has 1 aliphatic rings. The fourth-order valence-electron chi connectivity index (χ4n) is 4.96. The number of alkyl halides is 1. The normalized spacial score (nSPS) is 17.2. The number of nitrogens with one attached hydrogen (secondary N) is 3. The van der Waals surface area contributed by atoms with Crippen molar-refractivity contribution in [2.75, 3.05) is 38.2 Å². The van der Waals surface area contributed by atoms with E-state index in [4.69, 9.17) is 15.2 Å². The summed E-state index contributed by atoms with van der Waals surface area (Å²) >= 11 is 0. The van der Waals surface area contributed by atoms with Gasteiger partial charge in [-0.15, -0.1) is 0 Å². The van der Waals surface area contributed by atoms with Gasteiger partial charge < -0.3 is 31.2 Å². The van der Waals surface area contributed by atoms with Gasteiger partial charge in [0, 0.05) is 31.1 Å². The molecule has 0 aliphatic carbocycles. The second-order valence-electron chi connectivity index (χ2n) is 10.4. The van der Waals surface area contributed by atoms with E-state index in [0.29, 0.717) is 30.6 Å². The number of ether oxygens (including phenoxy) is 2. The van der Waals surface area contributed by atoms with Crippen molar-refractivity contribution >= 4 is 17.7 Å². The van der Waals surface area contributed by atoms with E-state index in [1.807, 2.05) is 0 Å². The number of benzene rings is 2. The number of carbonyl (C=O) groups is 2. The minimum atomic E-state index is -1.21. The molecular formula is C31H35F4N5O4. The topological polar surface area (TPSA) is 128 Å². The van der Waals surface area contributed by atoms with Gasteiger partial charge in [0.05, 0.1) is 36.9 Å². The molecule has 0 radical (unpaired) electrons. The fraction of sp³-hybridized carbons (Fsp3) is 0.387. The SMILES string of the molecule is NC(C(=O)Nc1cncc(F)c1CCC1CNCC(COC(=O)NCCCF)O1)C(c1ccc(F)cc1)c1ccc(F)cc1. The van der Waals surface area contributed by atoms with Crippen LogP contribution in [0.5, 0.6) is 0 Å². The maximum atomic E-state index is 15.0. The zero-order valence-corrected chi connectivity index (χ0v) is 23.9. The van der Waals surface area contributed by atoms with Crippen molar-refractivity contribution in [3.8, 4) is 0 Å². The molecule has 0 saturated carbocycles. The highest BCUT2D eigenvalue weighted by molar-refractivity contribution is 5.96. The van der Waals surface area contributed by atoms with E-state index in [1.54, 1.807) is 0 Å². The van der Waals surface area contributed by atoms with E-state index in [2.05, 4.69) is 20.9 Å². The van der Waals surface area contributed by atoms with E-state index in [-0.39, 0.29) is 43.3 Å².